The number of halogens is 3. The van der Waals surface area contributed by atoms with Crippen molar-refractivity contribution in [2.45, 2.75) is 52.3 Å². The average molecular weight is 303 g/mol. The van der Waals surface area contributed by atoms with E-state index in [1.165, 1.54) is 0 Å². The van der Waals surface area contributed by atoms with E-state index in [0.717, 1.165) is 31.4 Å². The third kappa shape index (κ3) is 4.79. The van der Waals surface area contributed by atoms with Crippen molar-refractivity contribution in [3.63, 3.8) is 0 Å². The third-order valence-electron chi connectivity index (χ3n) is 3.57. The zero-order valence-electron chi connectivity index (χ0n) is 13.1. The Morgan fingerprint density at radius 1 is 1.29 bits per heavy atom. The highest BCUT2D eigenvalue weighted by atomic mass is 19.4. The van der Waals surface area contributed by atoms with Gasteiger partial charge < -0.3 is 10.2 Å². The van der Waals surface area contributed by atoms with Crippen molar-refractivity contribution in [1.82, 2.24) is 4.98 Å². The van der Waals surface area contributed by atoms with Crippen molar-refractivity contribution in [1.29, 1.82) is 0 Å². The van der Waals surface area contributed by atoms with E-state index in [2.05, 4.69) is 17.2 Å². The van der Waals surface area contributed by atoms with Gasteiger partial charge in [-0.05, 0) is 31.9 Å². The molecule has 120 valence electrons. The maximum atomic E-state index is 13.0. The van der Waals surface area contributed by atoms with Gasteiger partial charge in [-0.1, -0.05) is 20.3 Å². The highest BCUT2D eigenvalue weighted by molar-refractivity contribution is 5.51. The molecule has 0 saturated carbocycles. The molecule has 0 aliphatic carbocycles. The molecule has 1 atom stereocenters. The summed E-state index contributed by atoms with van der Waals surface area (Å²) < 4.78 is 39.0. The Kier molecular flexibility index (Phi) is 6.30. The van der Waals surface area contributed by atoms with Gasteiger partial charge in [-0.25, -0.2) is 4.98 Å². The molecule has 3 nitrogen and oxygen atoms in total. The van der Waals surface area contributed by atoms with Crippen LogP contribution in [0.15, 0.2) is 12.1 Å². The van der Waals surface area contributed by atoms with Gasteiger partial charge in [0, 0.05) is 19.6 Å². The van der Waals surface area contributed by atoms with Crippen molar-refractivity contribution < 1.29 is 13.2 Å². The van der Waals surface area contributed by atoms with Crippen LogP contribution < -0.4 is 10.2 Å². The van der Waals surface area contributed by atoms with Crippen LogP contribution >= 0.6 is 0 Å². The lowest BCUT2D eigenvalue weighted by atomic mass is 10.1. The second-order valence-electron chi connectivity index (χ2n) is 5.15. The fraction of sp³-hybridized carbons (Fsp3) is 0.667. The molecule has 1 aromatic rings. The number of pyridine rings is 1. The Balaban J connectivity index is 3.22. The summed E-state index contributed by atoms with van der Waals surface area (Å²) in [4.78, 5) is 6.26. The monoisotopic (exact) mass is 303 g/mol. The van der Waals surface area contributed by atoms with Crippen LogP contribution in [0, 0.1) is 0 Å². The summed E-state index contributed by atoms with van der Waals surface area (Å²) in [7, 11) is 1.58. The number of rotatable bonds is 7. The molecule has 0 spiro atoms. The smallest absolute Gasteiger partial charge is 0.373 e. The van der Waals surface area contributed by atoms with E-state index < -0.39 is 11.7 Å². The summed E-state index contributed by atoms with van der Waals surface area (Å²) in [6, 6.07) is 2.33. The first-order chi connectivity index (χ1) is 9.83. The second kappa shape index (κ2) is 7.52. The van der Waals surface area contributed by atoms with E-state index in [1.54, 1.807) is 7.05 Å². The van der Waals surface area contributed by atoms with Crippen molar-refractivity contribution >= 4 is 11.6 Å². The topological polar surface area (TPSA) is 28.2 Å². The van der Waals surface area contributed by atoms with Crippen LogP contribution in [0.25, 0.3) is 0 Å². The minimum atomic E-state index is -4.37. The highest BCUT2D eigenvalue weighted by Crippen LogP contribution is 2.33. The molecule has 0 fully saturated rings. The third-order valence-corrected chi connectivity index (χ3v) is 3.57. The van der Waals surface area contributed by atoms with E-state index >= 15 is 0 Å². The Labute approximate surface area is 124 Å². The molecule has 0 radical (unpaired) electrons. The van der Waals surface area contributed by atoms with Gasteiger partial charge in [0.25, 0.3) is 0 Å². The van der Waals surface area contributed by atoms with Crippen molar-refractivity contribution in [3.05, 3.63) is 17.7 Å². The van der Waals surface area contributed by atoms with E-state index in [4.69, 9.17) is 0 Å². The largest absolute Gasteiger partial charge is 0.416 e. The highest BCUT2D eigenvalue weighted by Gasteiger charge is 2.32. The second-order valence-corrected chi connectivity index (χ2v) is 5.15. The Bertz CT molecular complexity index is 446. The molecular formula is C15H24F3N3. The fourth-order valence-electron chi connectivity index (χ4n) is 2.06. The molecule has 1 aromatic heterocycles. The van der Waals surface area contributed by atoms with Gasteiger partial charge in [-0.15, -0.1) is 0 Å². The normalized spacial score (nSPS) is 13.1. The van der Waals surface area contributed by atoms with Crippen LogP contribution in [0.4, 0.5) is 24.8 Å². The maximum Gasteiger partial charge on any atom is 0.416 e. The number of aromatic nitrogens is 1. The standard InChI is InChI=1S/C15H24F3N3/c1-5-7-8-21(11(3)6-2)14-10-12(15(16,17)18)9-13(19-4)20-14/h9-11H,5-8H2,1-4H3,(H,19,20). The van der Waals surface area contributed by atoms with E-state index in [9.17, 15) is 13.2 Å². The van der Waals surface area contributed by atoms with Gasteiger partial charge >= 0.3 is 6.18 Å². The van der Waals surface area contributed by atoms with Gasteiger partial charge in [-0.3, -0.25) is 0 Å². The summed E-state index contributed by atoms with van der Waals surface area (Å²) in [6.45, 7) is 6.81. The van der Waals surface area contributed by atoms with Gasteiger partial charge in [0.05, 0.1) is 5.56 Å². The maximum absolute atomic E-state index is 13.0. The lowest BCUT2D eigenvalue weighted by Crippen LogP contribution is -2.34. The molecule has 0 saturated heterocycles. The molecular weight excluding hydrogens is 279 g/mol. The average Bonchev–Trinajstić information content (AvgIpc) is 2.46. The van der Waals surface area contributed by atoms with E-state index in [-0.39, 0.29) is 11.9 Å². The number of hydrogen-bond acceptors (Lipinski definition) is 3. The van der Waals surface area contributed by atoms with Crippen LogP contribution in [-0.2, 0) is 6.18 Å². The fourth-order valence-corrected chi connectivity index (χ4v) is 2.06. The molecule has 0 amide bonds. The molecule has 6 heteroatoms. The first kappa shape index (κ1) is 17.6. The summed E-state index contributed by atoms with van der Waals surface area (Å²) in [5, 5.41) is 2.71. The molecule has 0 aliphatic heterocycles. The van der Waals surface area contributed by atoms with Crippen LogP contribution in [0.2, 0.25) is 0 Å². The molecule has 0 bridgehead atoms. The predicted octanol–water partition coefficient (Wildman–Crippen LogP) is 4.55. The summed E-state index contributed by atoms with van der Waals surface area (Å²) in [5.41, 5.74) is -0.665. The zero-order valence-corrected chi connectivity index (χ0v) is 13.1. The SMILES string of the molecule is CCCCN(c1cc(C(F)(F)F)cc(NC)n1)C(C)CC. The molecule has 1 heterocycles. The number of anilines is 2. The quantitative estimate of drug-likeness (QED) is 0.801. The molecule has 0 aliphatic rings. The number of alkyl halides is 3. The van der Waals surface area contributed by atoms with Gasteiger partial charge in [0.2, 0.25) is 0 Å². The van der Waals surface area contributed by atoms with Gasteiger partial charge in [-0.2, -0.15) is 13.2 Å². The van der Waals surface area contributed by atoms with Gasteiger partial charge in [0.1, 0.15) is 11.6 Å². The molecule has 0 aromatic carbocycles. The summed E-state index contributed by atoms with van der Waals surface area (Å²) in [6.07, 6.45) is -1.59. The predicted molar refractivity (Wildman–Crippen MR) is 80.8 cm³/mol. The Morgan fingerprint density at radius 2 is 1.95 bits per heavy atom. The summed E-state index contributed by atoms with van der Waals surface area (Å²) in [5.74, 6) is 0.626. The molecule has 21 heavy (non-hydrogen) atoms. The molecule has 1 unspecified atom stereocenters. The van der Waals surface area contributed by atoms with Crippen LogP contribution in [0.1, 0.15) is 45.6 Å². The minimum absolute atomic E-state index is 0.150. The zero-order chi connectivity index (χ0) is 16.0. The van der Waals surface area contributed by atoms with Crippen molar-refractivity contribution in [3.8, 4) is 0 Å². The molecule has 1 rings (SSSR count). The minimum Gasteiger partial charge on any atom is -0.373 e. The number of hydrogen-bond donors (Lipinski definition) is 1. The Hall–Kier alpha value is -1.46. The Morgan fingerprint density at radius 3 is 2.43 bits per heavy atom. The number of unbranched alkanes of at least 4 members (excludes halogenated alkanes) is 1. The van der Waals surface area contributed by atoms with Crippen LogP contribution in [0.5, 0.6) is 0 Å². The van der Waals surface area contributed by atoms with Gasteiger partial charge in [0.15, 0.2) is 0 Å². The summed E-state index contributed by atoms with van der Waals surface area (Å²) >= 11 is 0. The number of nitrogens with one attached hydrogen (secondary N) is 1. The van der Waals surface area contributed by atoms with Crippen molar-refractivity contribution in [2.24, 2.45) is 0 Å². The first-order valence-electron chi connectivity index (χ1n) is 7.37. The number of nitrogens with zero attached hydrogens (tertiary/aromatic N) is 2. The van der Waals surface area contributed by atoms with E-state index in [1.807, 2.05) is 18.7 Å². The van der Waals surface area contributed by atoms with Crippen molar-refractivity contribution in [2.75, 3.05) is 23.8 Å². The first-order valence-corrected chi connectivity index (χ1v) is 7.37. The van der Waals surface area contributed by atoms with Crippen LogP contribution in [-0.4, -0.2) is 24.6 Å². The lowest BCUT2D eigenvalue weighted by Gasteiger charge is -2.30. The molecule has 1 N–H and O–H groups in total. The lowest BCUT2D eigenvalue weighted by molar-refractivity contribution is -0.137. The van der Waals surface area contributed by atoms with E-state index in [0.29, 0.717) is 12.4 Å². The van der Waals surface area contributed by atoms with Crippen LogP contribution in [0.3, 0.4) is 0 Å².